The molecule has 0 aromatic heterocycles. The first-order valence-corrected chi connectivity index (χ1v) is 3.89. The van der Waals surface area contributed by atoms with Crippen molar-refractivity contribution in [2.75, 3.05) is 0 Å². The monoisotopic (exact) mass is 216 g/mol. The van der Waals surface area contributed by atoms with Gasteiger partial charge in [0.15, 0.2) is 0 Å². The number of carbonyl (C=O) groups is 1. The lowest BCUT2D eigenvalue weighted by Gasteiger charge is -2.37. The van der Waals surface area contributed by atoms with Gasteiger partial charge < -0.3 is 5.11 Å². The molecular formula is C8H12F4O2. The molecule has 1 N–H and O–H groups in total. The van der Waals surface area contributed by atoms with Crippen molar-refractivity contribution in [2.45, 2.75) is 39.0 Å². The fourth-order valence-corrected chi connectivity index (χ4v) is 0.999. The van der Waals surface area contributed by atoms with E-state index in [1.54, 1.807) is 0 Å². The zero-order valence-corrected chi connectivity index (χ0v) is 8.07. The molecule has 84 valence electrons. The summed E-state index contributed by atoms with van der Waals surface area (Å²) in [5.41, 5.74) is -5.50. The van der Waals surface area contributed by atoms with Crippen LogP contribution in [0.5, 0.6) is 0 Å². The Kier molecular flexibility index (Phi) is 3.20. The molecule has 0 fully saturated rings. The fourth-order valence-electron chi connectivity index (χ4n) is 0.999. The number of halogens is 4. The van der Waals surface area contributed by atoms with Crippen LogP contribution in [0.1, 0.15) is 27.2 Å². The SMILES string of the molecule is CC(C)(C)C(F)(CC(=O)O)C(F)(F)F. The summed E-state index contributed by atoms with van der Waals surface area (Å²) in [6.07, 6.45) is -6.75. The van der Waals surface area contributed by atoms with Crippen LogP contribution >= 0.6 is 0 Å². The van der Waals surface area contributed by atoms with E-state index in [1.807, 2.05) is 0 Å². The predicted octanol–water partition coefficient (Wildman–Crippen LogP) is 2.78. The van der Waals surface area contributed by atoms with Gasteiger partial charge in [-0.2, -0.15) is 13.2 Å². The quantitative estimate of drug-likeness (QED) is 0.720. The van der Waals surface area contributed by atoms with E-state index in [0.717, 1.165) is 20.8 Å². The summed E-state index contributed by atoms with van der Waals surface area (Å²) in [4.78, 5) is 10.2. The van der Waals surface area contributed by atoms with Gasteiger partial charge in [-0.3, -0.25) is 4.79 Å². The van der Waals surface area contributed by atoms with Gasteiger partial charge in [0.05, 0.1) is 6.42 Å². The molecule has 0 saturated carbocycles. The fraction of sp³-hybridized carbons (Fsp3) is 0.875. The molecule has 6 heteroatoms. The average Bonchev–Trinajstić information content (AvgIpc) is 1.79. The lowest BCUT2D eigenvalue weighted by atomic mass is 9.75. The molecule has 0 heterocycles. The first-order chi connectivity index (χ1) is 5.92. The Bertz CT molecular complexity index is 212. The number of carboxylic acid groups (broad SMARTS) is 1. The molecular weight excluding hydrogens is 204 g/mol. The van der Waals surface area contributed by atoms with E-state index in [0.29, 0.717) is 0 Å². The molecule has 0 aliphatic heterocycles. The molecule has 0 aromatic carbocycles. The van der Waals surface area contributed by atoms with Gasteiger partial charge in [0.25, 0.3) is 0 Å². The molecule has 0 amide bonds. The summed E-state index contributed by atoms with van der Waals surface area (Å²) in [6.45, 7) is 3.05. The van der Waals surface area contributed by atoms with Crippen LogP contribution in [-0.4, -0.2) is 22.9 Å². The standard InChI is InChI=1S/C8H12F4O2/c1-6(2,3)7(9,4-5(13)14)8(10,11)12/h4H2,1-3H3,(H,13,14). The largest absolute Gasteiger partial charge is 0.481 e. The summed E-state index contributed by atoms with van der Waals surface area (Å²) < 4.78 is 50.5. The normalized spacial score (nSPS) is 17.6. The Hall–Kier alpha value is -0.810. The van der Waals surface area contributed by atoms with E-state index in [1.165, 1.54) is 0 Å². The summed E-state index contributed by atoms with van der Waals surface area (Å²) in [7, 11) is 0. The number of hydrogen-bond acceptors (Lipinski definition) is 1. The lowest BCUT2D eigenvalue weighted by Crippen LogP contribution is -2.52. The van der Waals surface area contributed by atoms with Crippen LogP contribution < -0.4 is 0 Å². The summed E-state index contributed by atoms with van der Waals surface area (Å²) in [6, 6.07) is 0. The van der Waals surface area contributed by atoms with Gasteiger partial charge in [-0.15, -0.1) is 0 Å². The van der Waals surface area contributed by atoms with Crippen LogP contribution in [0.25, 0.3) is 0 Å². The van der Waals surface area contributed by atoms with E-state index in [2.05, 4.69) is 0 Å². The third kappa shape index (κ3) is 2.36. The van der Waals surface area contributed by atoms with Gasteiger partial charge >= 0.3 is 12.1 Å². The van der Waals surface area contributed by atoms with E-state index < -0.39 is 29.7 Å². The molecule has 1 unspecified atom stereocenters. The molecule has 0 aliphatic rings. The number of carboxylic acids is 1. The lowest BCUT2D eigenvalue weighted by molar-refractivity contribution is -0.265. The van der Waals surface area contributed by atoms with Crippen LogP contribution in [-0.2, 0) is 4.79 Å². The molecule has 0 rings (SSSR count). The van der Waals surface area contributed by atoms with Gasteiger partial charge in [-0.1, -0.05) is 20.8 Å². The zero-order chi connectivity index (χ0) is 11.8. The van der Waals surface area contributed by atoms with Gasteiger partial charge in [0.1, 0.15) is 0 Å². The minimum Gasteiger partial charge on any atom is -0.481 e. The second-order valence-corrected chi connectivity index (χ2v) is 4.12. The maximum atomic E-state index is 13.6. The van der Waals surface area contributed by atoms with Crippen LogP contribution in [0.2, 0.25) is 0 Å². The highest BCUT2D eigenvalue weighted by atomic mass is 19.4. The molecule has 1 atom stereocenters. The topological polar surface area (TPSA) is 37.3 Å². The number of alkyl halides is 4. The van der Waals surface area contributed by atoms with Crippen LogP contribution in [0, 0.1) is 5.41 Å². The van der Waals surface area contributed by atoms with Gasteiger partial charge in [-0.05, 0) is 0 Å². The van der Waals surface area contributed by atoms with E-state index in [-0.39, 0.29) is 0 Å². The Morgan fingerprint density at radius 1 is 1.14 bits per heavy atom. The Morgan fingerprint density at radius 3 is 1.57 bits per heavy atom. The minimum atomic E-state index is -5.18. The second-order valence-electron chi connectivity index (χ2n) is 4.12. The molecule has 0 spiro atoms. The molecule has 0 radical (unpaired) electrons. The first kappa shape index (κ1) is 13.2. The molecule has 0 aliphatic carbocycles. The highest BCUT2D eigenvalue weighted by molar-refractivity contribution is 5.68. The van der Waals surface area contributed by atoms with E-state index >= 15 is 0 Å². The number of hydrogen-bond donors (Lipinski definition) is 1. The highest BCUT2D eigenvalue weighted by Crippen LogP contribution is 2.48. The third-order valence-electron chi connectivity index (χ3n) is 2.03. The van der Waals surface area contributed by atoms with Crippen molar-refractivity contribution in [3.05, 3.63) is 0 Å². The smallest absolute Gasteiger partial charge is 0.423 e. The molecule has 14 heavy (non-hydrogen) atoms. The van der Waals surface area contributed by atoms with Crippen LogP contribution in [0.3, 0.4) is 0 Å². The molecule has 2 nitrogen and oxygen atoms in total. The maximum absolute atomic E-state index is 13.6. The predicted molar refractivity (Wildman–Crippen MR) is 41.6 cm³/mol. The molecule has 0 bridgehead atoms. The molecule has 0 saturated heterocycles. The zero-order valence-electron chi connectivity index (χ0n) is 8.07. The van der Waals surface area contributed by atoms with Crippen LogP contribution in [0.15, 0.2) is 0 Å². The van der Waals surface area contributed by atoms with Crippen molar-refractivity contribution in [3.63, 3.8) is 0 Å². The van der Waals surface area contributed by atoms with Gasteiger partial charge in [0.2, 0.25) is 5.67 Å². The van der Waals surface area contributed by atoms with Crippen LogP contribution in [0.4, 0.5) is 17.6 Å². The summed E-state index contributed by atoms with van der Waals surface area (Å²) >= 11 is 0. The Morgan fingerprint density at radius 2 is 1.50 bits per heavy atom. The van der Waals surface area contributed by atoms with Crippen molar-refractivity contribution in [1.82, 2.24) is 0 Å². The first-order valence-electron chi connectivity index (χ1n) is 3.89. The van der Waals surface area contributed by atoms with Gasteiger partial charge in [-0.25, -0.2) is 4.39 Å². The van der Waals surface area contributed by atoms with Crippen molar-refractivity contribution in [2.24, 2.45) is 5.41 Å². The Labute approximate surface area is 78.9 Å². The average molecular weight is 216 g/mol. The Balaban J connectivity index is 5.18. The highest BCUT2D eigenvalue weighted by Gasteiger charge is 2.63. The van der Waals surface area contributed by atoms with E-state index in [9.17, 15) is 22.4 Å². The maximum Gasteiger partial charge on any atom is 0.423 e. The van der Waals surface area contributed by atoms with E-state index in [4.69, 9.17) is 5.11 Å². The third-order valence-corrected chi connectivity index (χ3v) is 2.03. The van der Waals surface area contributed by atoms with Crippen molar-refractivity contribution in [1.29, 1.82) is 0 Å². The summed E-state index contributed by atoms with van der Waals surface area (Å²) in [5, 5.41) is 8.24. The van der Waals surface area contributed by atoms with Crippen molar-refractivity contribution in [3.8, 4) is 0 Å². The number of rotatable bonds is 2. The minimum absolute atomic E-state index is 1.02. The number of aliphatic carboxylic acids is 1. The summed E-state index contributed by atoms with van der Waals surface area (Å²) in [5.74, 6) is -1.81. The molecule has 0 aromatic rings. The van der Waals surface area contributed by atoms with Crippen molar-refractivity contribution < 1.29 is 27.5 Å². The second kappa shape index (κ2) is 3.40. The van der Waals surface area contributed by atoms with Gasteiger partial charge in [0, 0.05) is 5.41 Å². The van der Waals surface area contributed by atoms with Crippen molar-refractivity contribution >= 4 is 5.97 Å².